The first-order valence-electron chi connectivity index (χ1n) is 8.62. The van der Waals surface area contributed by atoms with Crippen molar-refractivity contribution < 1.29 is 17.6 Å². The fourth-order valence-corrected chi connectivity index (χ4v) is 3.93. The van der Waals surface area contributed by atoms with E-state index >= 15 is 0 Å². The first kappa shape index (κ1) is 20.8. The summed E-state index contributed by atoms with van der Waals surface area (Å²) in [4.78, 5) is 12.6. The second-order valence-electron chi connectivity index (χ2n) is 6.53. The molecule has 0 saturated carbocycles. The Bertz CT molecular complexity index is 1180. The van der Waals surface area contributed by atoms with E-state index in [0.29, 0.717) is 22.5 Å². The standard InChI is InChI=1S/C21H18ClFN2O3S/c1-13-3-7-17(8-4-13)29(27,28)25-20-10-5-15(11-14(20)2)21(26)24-16-6-9-19(23)18(22)12-16/h3-12,25H,1-2H3,(H,24,26). The molecule has 0 atom stereocenters. The monoisotopic (exact) mass is 432 g/mol. The minimum Gasteiger partial charge on any atom is -0.322 e. The Kier molecular flexibility index (Phi) is 5.91. The lowest BCUT2D eigenvalue weighted by atomic mass is 10.1. The minimum atomic E-state index is -3.74. The van der Waals surface area contributed by atoms with Crippen molar-refractivity contribution in [2.75, 3.05) is 10.0 Å². The van der Waals surface area contributed by atoms with Crippen molar-refractivity contribution in [3.8, 4) is 0 Å². The Morgan fingerprint density at radius 2 is 1.66 bits per heavy atom. The molecule has 29 heavy (non-hydrogen) atoms. The molecule has 0 unspecified atom stereocenters. The molecule has 0 heterocycles. The molecule has 3 aromatic rings. The second kappa shape index (κ2) is 8.23. The summed E-state index contributed by atoms with van der Waals surface area (Å²) in [6, 6.07) is 15.0. The number of hydrogen-bond acceptors (Lipinski definition) is 3. The zero-order chi connectivity index (χ0) is 21.2. The normalized spacial score (nSPS) is 11.2. The van der Waals surface area contributed by atoms with Gasteiger partial charge >= 0.3 is 0 Å². The zero-order valence-electron chi connectivity index (χ0n) is 15.7. The molecule has 150 valence electrons. The van der Waals surface area contributed by atoms with Crippen molar-refractivity contribution in [3.63, 3.8) is 0 Å². The van der Waals surface area contributed by atoms with Gasteiger partial charge in [0, 0.05) is 11.3 Å². The van der Waals surface area contributed by atoms with E-state index in [0.717, 1.165) is 11.6 Å². The molecule has 0 radical (unpaired) electrons. The number of sulfonamides is 1. The quantitative estimate of drug-likeness (QED) is 0.585. The number of carbonyl (C=O) groups excluding carboxylic acids is 1. The van der Waals surface area contributed by atoms with E-state index in [-0.39, 0.29) is 9.92 Å². The van der Waals surface area contributed by atoms with E-state index in [1.165, 1.54) is 36.4 Å². The number of rotatable bonds is 5. The molecule has 0 bridgehead atoms. The lowest BCUT2D eigenvalue weighted by Gasteiger charge is -2.12. The van der Waals surface area contributed by atoms with Gasteiger partial charge in [-0.25, -0.2) is 12.8 Å². The van der Waals surface area contributed by atoms with E-state index in [1.807, 2.05) is 6.92 Å². The highest BCUT2D eigenvalue weighted by atomic mass is 35.5. The molecule has 0 aliphatic heterocycles. The molecule has 0 aliphatic rings. The van der Waals surface area contributed by atoms with E-state index in [2.05, 4.69) is 10.0 Å². The summed E-state index contributed by atoms with van der Waals surface area (Å²) < 4.78 is 40.9. The van der Waals surface area contributed by atoms with Gasteiger partial charge < -0.3 is 5.32 Å². The minimum absolute atomic E-state index is 0.0974. The Labute approximate surface area is 173 Å². The fourth-order valence-electron chi connectivity index (χ4n) is 2.62. The molecule has 0 aromatic heterocycles. The fraction of sp³-hybridized carbons (Fsp3) is 0.0952. The number of hydrogen-bond donors (Lipinski definition) is 2. The highest BCUT2D eigenvalue weighted by molar-refractivity contribution is 7.92. The lowest BCUT2D eigenvalue weighted by molar-refractivity contribution is 0.102. The van der Waals surface area contributed by atoms with E-state index < -0.39 is 21.7 Å². The maximum atomic E-state index is 13.2. The highest BCUT2D eigenvalue weighted by Gasteiger charge is 2.16. The van der Waals surface area contributed by atoms with Gasteiger partial charge in [0.15, 0.2) is 0 Å². The molecular weight excluding hydrogens is 415 g/mol. The van der Waals surface area contributed by atoms with Gasteiger partial charge in [0.25, 0.3) is 15.9 Å². The molecule has 0 aliphatic carbocycles. The topological polar surface area (TPSA) is 75.3 Å². The lowest BCUT2D eigenvalue weighted by Crippen LogP contribution is -2.15. The van der Waals surface area contributed by atoms with Crippen LogP contribution in [0.15, 0.2) is 65.6 Å². The summed E-state index contributed by atoms with van der Waals surface area (Å²) in [5, 5.41) is 2.53. The summed E-state index contributed by atoms with van der Waals surface area (Å²) >= 11 is 5.72. The molecule has 8 heteroatoms. The van der Waals surface area contributed by atoms with Crippen LogP contribution in [-0.4, -0.2) is 14.3 Å². The smallest absolute Gasteiger partial charge is 0.261 e. The van der Waals surface area contributed by atoms with Crippen molar-refractivity contribution in [1.82, 2.24) is 0 Å². The molecule has 1 amide bonds. The van der Waals surface area contributed by atoms with Gasteiger partial charge in [0.05, 0.1) is 15.6 Å². The van der Waals surface area contributed by atoms with Crippen LogP contribution in [0.4, 0.5) is 15.8 Å². The predicted octanol–water partition coefficient (Wildman–Crippen LogP) is 5.15. The average Bonchev–Trinajstić information content (AvgIpc) is 2.66. The summed E-state index contributed by atoms with van der Waals surface area (Å²) in [5.74, 6) is -1.01. The number of nitrogens with one attached hydrogen (secondary N) is 2. The van der Waals surface area contributed by atoms with Gasteiger partial charge in [-0.1, -0.05) is 29.3 Å². The van der Waals surface area contributed by atoms with E-state index in [1.54, 1.807) is 25.1 Å². The molecule has 3 rings (SSSR count). The first-order chi connectivity index (χ1) is 13.7. The number of aryl methyl sites for hydroxylation is 2. The molecule has 5 nitrogen and oxygen atoms in total. The van der Waals surface area contributed by atoms with Gasteiger partial charge in [0.2, 0.25) is 0 Å². The third kappa shape index (κ3) is 4.93. The Hall–Kier alpha value is -2.90. The maximum Gasteiger partial charge on any atom is 0.261 e. The molecule has 0 saturated heterocycles. The summed E-state index contributed by atoms with van der Waals surface area (Å²) in [6.07, 6.45) is 0. The molecule has 2 N–H and O–H groups in total. The number of halogens is 2. The van der Waals surface area contributed by atoms with E-state index in [9.17, 15) is 17.6 Å². The van der Waals surface area contributed by atoms with Gasteiger partial charge in [0.1, 0.15) is 5.82 Å². The van der Waals surface area contributed by atoms with Gasteiger partial charge in [-0.15, -0.1) is 0 Å². The predicted molar refractivity (Wildman–Crippen MR) is 113 cm³/mol. The largest absolute Gasteiger partial charge is 0.322 e. The summed E-state index contributed by atoms with van der Waals surface area (Å²) in [5.41, 5.74) is 2.57. The number of carbonyl (C=O) groups is 1. The van der Waals surface area contributed by atoms with Crippen LogP contribution in [0.3, 0.4) is 0 Å². The van der Waals surface area contributed by atoms with Crippen LogP contribution in [0.5, 0.6) is 0 Å². The Morgan fingerprint density at radius 3 is 2.28 bits per heavy atom. The van der Waals surface area contributed by atoms with Crippen molar-refractivity contribution in [2.24, 2.45) is 0 Å². The van der Waals surface area contributed by atoms with Crippen molar-refractivity contribution in [2.45, 2.75) is 18.7 Å². The van der Waals surface area contributed by atoms with E-state index in [4.69, 9.17) is 11.6 Å². The van der Waals surface area contributed by atoms with Gasteiger partial charge in [-0.05, 0) is 67.9 Å². The zero-order valence-corrected chi connectivity index (χ0v) is 17.2. The number of benzene rings is 3. The Morgan fingerprint density at radius 1 is 0.966 bits per heavy atom. The van der Waals surface area contributed by atoms with Crippen molar-refractivity contribution in [3.05, 3.63) is 88.2 Å². The van der Waals surface area contributed by atoms with Crippen LogP contribution in [0, 0.1) is 19.7 Å². The van der Waals surface area contributed by atoms with Crippen molar-refractivity contribution in [1.29, 1.82) is 0 Å². The van der Waals surface area contributed by atoms with Crippen LogP contribution < -0.4 is 10.0 Å². The third-order valence-electron chi connectivity index (χ3n) is 4.24. The van der Waals surface area contributed by atoms with Gasteiger partial charge in [-0.3, -0.25) is 9.52 Å². The number of anilines is 2. The van der Waals surface area contributed by atoms with Crippen LogP contribution >= 0.6 is 11.6 Å². The molecule has 0 spiro atoms. The Balaban J connectivity index is 1.78. The van der Waals surface area contributed by atoms with Crippen LogP contribution in [0.25, 0.3) is 0 Å². The van der Waals surface area contributed by atoms with Crippen LogP contribution in [0.2, 0.25) is 5.02 Å². The summed E-state index contributed by atoms with van der Waals surface area (Å²) in [7, 11) is -3.74. The number of amides is 1. The average molecular weight is 433 g/mol. The van der Waals surface area contributed by atoms with Crippen molar-refractivity contribution >= 4 is 38.9 Å². The molecular formula is C21H18ClFN2O3S. The van der Waals surface area contributed by atoms with Gasteiger partial charge in [-0.2, -0.15) is 0 Å². The maximum absolute atomic E-state index is 13.2. The molecule has 0 fully saturated rings. The third-order valence-corrected chi connectivity index (χ3v) is 5.91. The first-order valence-corrected chi connectivity index (χ1v) is 10.5. The van der Waals surface area contributed by atoms with Crippen LogP contribution in [0.1, 0.15) is 21.5 Å². The second-order valence-corrected chi connectivity index (χ2v) is 8.62. The molecule has 3 aromatic carbocycles. The highest BCUT2D eigenvalue weighted by Crippen LogP contribution is 2.23. The van der Waals surface area contributed by atoms with Crippen LogP contribution in [-0.2, 0) is 10.0 Å². The SMILES string of the molecule is Cc1ccc(S(=O)(=O)Nc2ccc(C(=O)Nc3ccc(F)c(Cl)c3)cc2C)cc1. The summed E-state index contributed by atoms with van der Waals surface area (Å²) in [6.45, 7) is 3.57.